The zero-order valence-electron chi connectivity index (χ0n) is 9.02. The lowest BCUT2D eigenvalue weighted by atomic mass is 10.0. The SMILES string of the molecule is COc1cc(-c2cnoc2N)cc(C)c1O. The summed E-state index contributed by atoms with van der Waals surface area (Å²) in [6, 6.07) is 3.48. The van der Waals surface area contributed by atoms with Crippen molar-refractivity contribution in [2.24, 2.45) is 0 Å². The minimum Gasteiger partial charge on any atom is -0.504 e. The highest BCUT2D eigenvalue weighted by molar-refractivity contribution is 5.75. The summed E-state index contributed by atoms with van der Waals surface area (Å²) in [7, 11) is 1.50. The summed E-state index contributed by atoms with van der Waals surface area (Å²) in [5.74, 6) is 0.768. The Morgan fingerprint density at radius 2 is 2.19 bits per heavy atom. The van der Waals surface area contributed by atoms with E-state index in [0.29, 0.717) is 16.9 Å². The Morgan fingerprint density at radius 3 is 2.75 bits per heavy atom. The minimum absolute atomic E-state index is 0.126. The van der Waals surface area contributed by atoms with Gasteiger partial charge in [-0.1, -0.05) is 5.16 Å². The number of benzene rings is 1. The fourth-order valence-electron chi connectivity index (χ4n) is 1.52. The number of anilines is 1. The van der Waals surface area contributed by atoms with Gasteiger partial charge in [-0.25, -0.2) is 0 Å². The average molecular weight is 220 g/mol. The third kappa shape index (κ3) is 1.56. The van der Waals surface area contributed by atoms with Crippen LogP contribution in [0.15, 0.2) is 22.9 Å². The number of rotatable bonds is 2. The van der Waals surface area contributed by atoms with Gasteiger partial charge in [-0.15, -0.1) is 0 Å². The van der Waals surface area contributed by atoms with Gasteiger partial charge in [-0.2, -0.15) is 0 Å². The minimum atomic E-state index is 0.126. The lowest BCUT2D eigenvalue weighted by Crippen LogP contribution is -1.90. The van der Waals surface area contributed by atoms with Crippen LogP contribution in [-0.2, 0) is 0 Å². The number of methoxy groups -OCH3 is 1. The summed E-state index contributed by atoms with van der Waals surface area (Å²) in [6.07, 6.45) is 1.53. The van der Waals surface area contributed by atoms with E-state index in [1.54, 1.807) is 19.1 Å². The van der Waals surface area contributed by atoms with Crippen LogP contribution < -0.4 is 10.5 Å². The highest BCUT2D eigenvalue weighted by atomic mass is 16.5. The van der Waals surface area contributed by atoms with Gasteiger partial charge in [0.1, 0.15) is 0 Å². The van der Waals surface area contributed by atoms with E-state index in [-0.39, 0.29) is 11.6 Å². The predicted molar refractivity (Wildman–Crippen MR) is 59.3 cm³/mol. The van der Waals surface area contributed by atoms with Crippen molar-refractivity contribution < 1.29 is 14.4 Å². The molecule has 1 aromatic heterocycles. The molecule has 0 radical (unpaired) electrons. The molecule has 1 heterocycles. The second-order valence-electron chi connectivity index (χ2n) is 3.45. The van der Waals surface area contributed by atoms with E-state index < -0.39 is 0 Å². The monoisotopic (exact) mass is 220 g/mol. The van der Waals surface area contributed by atoms with Crippen molar-refractivity contribution in [2.45, 2.75) is 6.92 Å². The number of nitrogens with two attached hydrogens (primary N) is 1. The van der Waals surface area contributed by atoms with Crippen molar-refractivity contribution in [1.29, 1.82) is 0 Å². The summed E-state index contributed by atoms with van der Waals surface area (Å²) in [5, 5.41) is 13.3. The maximum absolute atomic E-state index is 9.69. The number of hydrogen-bond donors (Lipinski definition) is 2. The van der Waals surface area contributed by atoms with Crippen molar-refractivity contribution in [3.8, 4) is 22.6 Å². The van der Waals surface area contributed by atoms with Gasteiger partial charge in [0.2, 0.25) is 5.88 Å². The van der Waals surface area contributed by atoms with Gasteiger partial charge in [0.15, 0.2) is 11.5 Å². The van der Waals surface area contributed by atoms with Crippen molar-refractivity contribution in [3.63, 3.8) is 0 Å². The van der Waals surface area contributed by atoms with Crippen LogP contribution in [0, 0.1) is 6.92 Å². The molecule has 0 unspecified atom stereocenters. The highest BCUT2D eigenvalue weighted by Crippen LogP contribution is 2.36. The van der Waals surface area contributed by atoms with Crippen LogP contribution in [0.5, 0.6) is 11.5 Å². The Morgan fingerprint density at radius 1 is 1.44 bits per heavy atom. The number of hydrogen-bond acceptors (Lipinski definition) is 5. The lowest BCUT2D eigenvalue weighted by molar-refractivity contribution is 0.372. The van der Waals surface area contributed by atoms with Gasteiger partial charge in [0.25, 0.3) is 0 Å². The Bertz CT molecular complexity index is 520. The maximum atomic E-state index is 9.69. The molecule has 1 aromatic carbocycles. The Labute approximate surface area is 92.4 Å². The van der Waals surface area contributed by atoms with Gasteiger partial charge in [-0.05, 0) is 30.2 Å². The third-order valence-corrected chi connectivity index (χ3v) is 2.39. The molecule has 0 bridgehead atoms. The largest absolute Gasteiger partial charge is 0.504 e. The fraction of sp³-hybridized carbons (Fsp3) is 0.182. The van der Waals surface area contributed by atoms with Gasteiger partial charge in [0.05, 0.1) is 18.9 Å². The number of phenolic OH excluding ortho intramolecular Hbond substituents is 1. The van der Waals surface area contributed by atoms with E-state index in [1.807, 2.05) is 0 Å². The molecule has 2 rings (SSSR count). The Balaban J connectivity index is 2.59. The number of aromatic nitrogens is 1. The van der Waals surface area contributed by atoms with E-state index in [4.69, 9.17) is 15.0 Å². The molecule has 0 saturated heterocycles. The zero-order chi connectivity index (χ0) is 11.7. The lowest BCUT2D eigenvalue weighted by Gasteiger charge is -2.08. The molecule has 5 heteroatoms. The molecule has 0 aliphatic heterocycles. The van der Waals surface area contributed by atoms with Gasteiger partial charge in [0, 0.05) is 0 Å². The molecule has 0 aliphatic rings. The van der Waals surface area contributed by atoms with Crippen LogP contribution in [0.25, 0.3) is 11.1 Å². The summed E-state index contributed by atoms with van der Waals surface area (Å²) < 4.78 is 9.85. The van der Waals surface area contributed by atoms with Crippen LogP contribution in [0.1, 0.15) is 5.56 Å². The van der Waals surface area contributed by atoms with Crippen molar-refractivity contribution in [2.75, 3.05) is 12.8 Å². The molecular formula is C11H12N2O3. The van der Waals surface area contributed by atoms with E-state index in [0.717, 1.165) is 5.56 Å². The number of nitrogen functional groups attached to an aromatic ring is 1. The van der Waals surface area contributed by atoms with E-state index in [9.17, 15) is 5.11 Å². The third-order valence-electron chi connectivity index (χ3n) is 2.39. The summed E-state index contributed by atoms with van der Waals surface area (Å²) >= 11 is 0. The number of ether oxygens (including phenoxy) is 1. The molecular weight excluding hydrogens is 208 g/mol. The van der Waals surface area contributed by atoms with Crippen LogP contribution in [0.3, 0.4) is 0 Å². The van der Waals surface area contributed by atoms with Crippen LogP contribution in [0.2, 0.25) is 0 Å². The molecule has 3 N–H and O–H groups in total. The second kappa shape index (κ2) is 3.77. The van der Waals surface area contributed by atoms with Crippen molar-refractivity contribution >= 4 is 5.88 Å². The molecule has 84 valence electrons. The number of aryl methyl sites for hydroxylation is 1. The first-order valence-corrected chi connectivity index (χ1v) is 4.71. The quantitative estimate of drug-likeness (QED) is 0.808. The summed E-state index contributed by atoms with van der Waals surface area (Å²) in [6.45, 7) is 1.78. The fourth-order valence-corrected chi connectivity index (χ4v) is 1.52. The molecule has 5 nitrogen and oxygen atoms in total. The summed E-state index contributed by atoms with van der Waals surface area (Å²) in [4.78, 5) is 0. The molecule has 0 saturated carbocycles. The highest BCUT2D eigenvalue weighted by Gasteiger charge is 2.12. The zero-order valence-corrected chi connectivity index (χ0v) is 9.02. The van der Waals surface area contributed by atoms with Crippen LogP contribution in [0.4, 0.5) is 5.88 Å². The van der Waals surface area contributed by atoms with Gasteiger partial charge >= 0.3 is 0 Å². The van der Waals surface area contributed by atoms with Crippen molar-refractivity contribution in [3.05, 3.63) is 23.9 Å². The molecule has 2 aromatic rings. The van der Waals surface area contributed by atoms with E-state index in [1.165, 1.54) is 13.3 Å². The van der Waals surface area contributed by atoms with Crippen molar-refractivity contribution in [1.82, 2.24) is 5.16 Å². The Hall–Kier alpha value is -2.17. The number of phenols is 1. The standard InChI is InChI=1S/C11H12N2O3/c1-6-3-7(4-9(15-2)10(6)14)8-5-13-16-11(8)12/h3-5,14H,12H2,1-2H3. The molecule has 0 atom stereocenters. The van der Waals surface area contributed by atoms with Gasteiger partial charge in [-0.3, -0.25) is 0 Å². The molecule has 0 amide bonds. The number of nitrogens with zero attached hydrogens (tertiary/aromatic N) is 1. The van der Waals surface area contributed by atoms with Crippen LogP contribution in [-0.4, -0.2) is 17.4 Å². The molecule has 0 fully saturated rings. The topological polar surface area (TPSA) is 81.5 Å². The van der Waals surface area contributed by atoms with Crippen LogP contribution >= 0.6 is 0 Å². The first kappa shape index (κ1) is 10.4. The normalized spacial score (nSPS) is 10.4. The number of aromatic hydroxyl groups is 1. The maximum Gasteiger partial charge on any atom is 0.229 e. The van der Waals surface area contributed by atoms with E-state index in [2.05, 4.69) is 5.16 Å². The second-order valence-corrected chi connectivity index (χ2v) is 3.45. The first-order chi connectivity index (χ1) is 7.63. The molecule has 16 heavy (non-hydrogen) atoms. The molecule has 0 aliphatic carbocycles. The summed E-state index contributed by atoms with van der Waals surface area (Å²) in [5.41, 5.74) is 7.80. The van der Waals surface area contributed by atoms with E-state index >= 15 is 0 Å². The molecule has 0 spiro atoms. The van der Waals surface area contributed by atoms with Gasteiger partial charge < -0.3 is 20.1 Å². The smallest absolute Gasteiger partial charge is 0.229 e. The predicted octanol–water partition coefficient (Wildman–Crippen LogP) is 1.95. The first-order valence-electron chi connectivity index (χ1n) is 4.71. The average Bonchev–Trinajstić information content (AvgIpc) is 2.68. The Kier molecular flexibility index (Phi) is 2.44.